The number of hydrogen-bond donors (Lipinski definition) is 2. The molecule has 0 saturated heterocycles. The van der Waals surface area contributed by atoms with Gasteiger partial charge in [-0.15, -0.1) is 24.0 Å². The summed E-state index contributed by atoms with van der Waals surface area (Å²) in [5.74, 6) is 0.901. The number of thiol groups is 1. The van der Waals surface area contributed by atoms with Crippen LogP contribution in [0.3, 0.4) is 0 Å². The molecule has 0 aliphatic rings. The van der Waals surface area contributed by atoms with Crippen molar-refractivity contribution in [2.45, 2.75) is 4.90 Å². The van der Waals surface area contributed by atoms with Crippen LogP contribution in [0.4, 0.5) is 0 Å². The van der Waals surface area contributed by atoms with Crippen LogP contribution in [0.5, 0.6) is 11.5 Å². The van der Waals surface area contributed by atoms with Crippen molar-refractivity contribution < 1.29 is 9.84 Å². The molecule has 0 saturated carbocycles. The maximum Gasteiger partial charge on any atom is 0.140 e. The van der Waals surface area contributed by atoms with Crippen LogP contribution in [0.2, 0.25) is 0 Å². The first-order valence-electron chi connectivity index (χ1n) is 3.69. The van der Waals surface area contributed by atoms with Gasteiger partial charge in [-0.2, -0.15) is 0 Å². The maximum absolute atomic E-state index is 9.38. The Balaban J connectivity index is 2.84. The van der Waals surface area contributed by atoms with E-state index in [2.05, 4.69) is 12.6 Å². The zero-order chi connectivity index (χ0) is 9.42. The second-order valence-corrected chi connectivity index (χ2v) is 4.01. The second kappa shape index (κ2) is 3.12. The number of methoxy groups -OCH3 is 1. The summed E-state index contributed by atoms with van der Waals surface area (Å²) in [5, 5.41) is 12.2. The average molecular weight is 212 g/mol. The molecule has 1 N–H and O–H groups in total. The molecule has 1 aromatic carbocycles. The van der Waals surface area contributed by atoms with Crippen molar-refractivity contribution in [2.24, 2.45) is 0 Å². The molecule has 0 atom stereocenters. The van der Waals surface area contributed by atoms with Gasteiger partial charge >= 0.3 is 0 Å². The fraction of sp³-hybridized carbons (Fsp3) is 0.111. The van der Waals surface area contributed by atoms with Crippen LogP contribution in [-0.4, -0.2) is 12.2 Å². The maximum atomic E-state index is 9.38. The highest BCUT2D eigenvalue weighted by molar-refractivity contribution is 7.80. The van der Waals surface area contributed by atoms with E-state index in [-0.39, 0.29) is 5.75 Å². The quantitative estimate of drug-likeness (QED) is 0.712. The fourth-order valence-electron chi connectivity index (χ4n) is 1.23. The van der Waals surface area contributed by atoms with E-state index in [1.54, 1.807) is 30.6 Å². The highest BCUT2D eigenvalue weighted by atomic mass is 32.1. The minimum absolute atomic E-state index is 0.207. The summed E-state index contributed by atoms with van der Waals surface area (Å²) in [7, 11) is 1.59. The lowest BCUT2D eigenvalue weighted by atomic mass is 10.2. The van der Waals surface area contributed by atoms with Crippen molar-refractivity contribution in [1.29, 1.82) is 0 Å². The van der Waals surface area contributed by atoms with Crippen LogP contribution >= 0.6 is 24.0 Å². The highest BCUT2D eigenvalue weighted by Crippen LogP contribution is 2.38. The number of phenols is 1. The number of rotatable bonds is 1. The molecule has 0 spiro atoms. The lowest BCUT2D eigenvalue weighted by molar-refractivity contribution is 0.413. The summed E-state index contributed by atoms with van der Waals surface area (Å²) < 4.78 is 6.16. The molecule has 4 heteroatoms. The van der Waals surface area contributed by atoms with E-state index in [9.17, 15) is 5.11 Å². The molecule has 2 rings (SSSR count). The van der Waals surface area contributed by atoms with Crippen LogP contribution in [-0.2, 0) is 0 Å². The Hall–Kier alpha value is -0.870. The minimum Gasteiger partial charge on any atom is -0.508 e. The molecule has 0 aliphatic carbocycles. The third-order valence-corrected chi connectivity index (χ3v) is 3.38. The van der Waals surface area contributed by atoms with E-state index >= 15 is 0 Å². The Bertz CT molecular complexity index is 448. The number of benzene rings is 1. The Labute approximate surface area is 85.2 Å². The number of phenolic OH excluding ortho intramolecular Hbond substituents is 1. The van der Waals surface area contributed by atoms with Gasteiger partial charge in [0.05, 0.1) is 11.8 Å². The van der Waals surface area contributed by atoms with Gasteiger partial charge in [-0.05, 0) is 6.07 Å². The Morgan fingerprint density at radius 2 is 2.23 bits per heavy atom. The number of thiophene rings is 1. The monoisotopic (exact) mass is 212 g/mol. The van der Waals surface area contributed by atoms with Crippen molar-refractivity contribution in [3.05, 3.63) is 17.5 Å². The minimum atomic E-state index is 0.207. The molecular formula is C9H8O2S2. The van der Waals surface area contributed by atoms with Gasteiger partial charge in [0, 0.05) is 21.7 Å². The van der Waals surface area contributed by atoms with E-state index < -0.39 is 0 Å². The van der Waals surface area contributed by atoms with E-state index in [1.807, 2.05) is 5.38 Å². The topological polar surface area (TPSA) is 29.5 Å². The van der Waals surface area contributed by atoms with Gasteiger partial charge in [-0.1, -0.05) is 0 Å². The molecule has 13 heavy (non-hydrogen) atoms. The normalized spacial score (nSPS) is 10.6. The van der Waals surface area contributed by atoms with Gasteiger partial charge < -0.3 is 9.84 Å². The summed E-state index contributed by atoms with van der Waals surface area (Å²) >= 11 is 5.84. The summed E-state index contributed by atoms with van der Waals surface area (Å²) in [6.07, 6.45) is 0. The summed E-state index contributed by atoms with van der Waals surface area (Å²) in [6.45, 7) is 0. The molecule has 0 aliphatic heterocycles. The average Bonchev–Trinajstić information content (AvgIpc) is 2.47. The molecule has 68 valence electrons. The van der Waals surface area contributed by atoms with Gasteiger partial charge in [0.1, 0.15) is 11.5 Å². The second-order valence-electron chi connectivity index (χ2n) is 2.65. The molecule has 0 fully saturated rings. The molecule has 0 unspecified atom stereocenters. The van der Waals surface area contributed by atoms with Gasteiger partial charge in [0.2, 0.25) is 0 Å². The molecular weight excluding hydrogens is 204 g/mol. The summed E-state index contributed by atoms with van der Waals surface area (Å²) in [5.41, 5.74) is 0. The lowest BCUT2D eigenvalue weighted by Crippen LogP contribution is -1.81. The van der Waals surface area contributed by atoms with E-state index in [0.717, 1.165) is 15.0 Å². The zero-order valence-electron chi connectivity index (χ0n) is 6.94. The van der Waals surface area contributed by atoms with Gasteiger partial charge in [0.25, 0.3) is 0 Å². The van der Waals surface area contributed by atoms with Crippen molar-refractivity contribution in [3.63, 3.8) is 0 Å². The first-order chi connectivity index (χ1) is 6.22. The van der Waals surface area contributed by atoms with Crippen LogP contribution in [0.25, 0.3) is 10.1 Å². The van der Waals surface area contributed by atoms with Crippen LogP contribution in [0, 0.1) is 0 Å². The van der Waals surface area contributed by atoms with E-state index in [0.29, 0.717) is 5.75 Å². The predicted molar refractivity (Wildman–Crippen MR) is 57.3 cm³/mol. The van der Waals surface area contributed by atoms with Crippen molar-refractivity contribution in [3.8, 4) is 11.5 Å². The third-order valence-electron chi connectivity index (χ3n) is 1.82. The summed E-state index contributed by atoms with van der Waals surface area (Å²) in [4.78, 5) is 0.870. The largest absolute Gasteiger partial charge is 0.508 e. The number of fused-ring (bicyclic) bond motifs is 1. The van der Waals surface area contributed by atoms with Crippen molar-refractivity contribution >= 4 is 34.1 Å². The summed E-state index contributed by atoms with van der Waals surface area (Å²) in [6, 6.07) is 3.29. The van der Waals surface area contributed by atoms with Crippen LogP contribution < -0.4 is 4.74 Å². The van der Waals surface area contributed by atoms with Gasteiger partial charge in [-0.25, -0.2) is 0 Å². The van der Waals surface area contributed by atoms with Gasteiger partial charge in [-0.3, -0.25) is 0 Å². The third kappa shape index (κ3) is 1.36. The first-order valence-corrected chi connectivity index (χ1v) is 5.02. The van der Waals surface area contributed by atoms with Crippen molar-refractivity contribution in [1.82, 2.24) is 0 Å². The smallest absolute Gasteiger partial charge is 0.140 e. The molecule has 0 radical (unpaired) electrons. The fourth-order valence-corrected chi connectivity index (χ4v) is 2.55. The SMILES string of the molecule is COc1cc(O)cc2c(S)csc12. The molecule has 2 aromatic rings. The Morgan fingerprint density at radius 3 is 2.92 bits per heavy atom. The predicted octanol–water partition coefficient (Wildman–Crippen LogP) is 2.90. The highest BCUT2D eigenvalue weighted by Gasteiger charge is 2.08. The Morgan fingerprint density at radius 1 is 1.46 bits per heavy atom. The molecule has 1 aromatic heterocycles. The standard InChI is InChI=1S/C9H8O2S2/c1-11-7-3-5(10)2-6-8(12)4-13-9(6)7/h2-4,10,12H,1H3. The molecule has 0 bridgehead atoms. The van der Waals surface area contributed by atoms with Crippen LogP contribution in [0.1, 0.15) is 0 Å². The van der Waals surface area contributed by atoms with Crippen molar-refractivity contribution in [2.75, 3.05) is 7.11 Å². The first kappa shape index (κ1) is 8.72. The molecule has 2 nitrogen and oxygen atoms in total. The van der Waals surface area contributed by atoms with E-state index in [1.165, 1.54) is 0 Å². The van der Waals surface area contributed by atoms with E-state index in [4.69, 9.17) is 4.74 Å². The zero-order valence-corrected chi connectivity index (χ0v) is 8.65. The Kier molecular flexibility index (Phi) is 2.09. The lowest BCUT2D eigenvalue weighted by Gasteiger charge is -2.02. The number of hydrogen-bond acceptors (Lipinski definition) is 4. The van der Waals surface area contributed by atoms with Gasteiger partial charge in [0.15, 0.2) is 0 Å². The van der Waals surface area contributed by atoms with Crippen LogP contribution in [0.15, 0.2) is 22.4 Å². The number of aromatic hydroxyl groups is 1. The molecule has 1 heterocycles. The number of ether oxygens (including phenoxy) is 1. The molecule has 0 amide bonds.